The van der Waals surface area contributed by atoms with E-state index in [1.165, 1.54) is 15.9 Å². The van der Waals surface area contributed by atoms with Crippen molar-refractivity contribution in [2.45, 2.75) is 6.92 Å². The quantitative estimate of drug-likeness (QED) is 0.408. The van der Waals surface area contributed by atoms with E-state index in [1.807, 2.05) is 31.2 Å². The Hall–Kier alpha value is -2.67. The summed E-state index contributed by atoms with van der Waals surface area (Å²) < 4.78 is 7.64. The third-order valence-corrected chi connectivity index (χ3v) is 6.12. The minimum Gasteiger partial charge on any atom is -0.452 e. The lowest BCUT2D eigenvalue weighted by Crippen LogP contribution is -2.23. The summed E-state index contributed by atoms with van der Waals surface area (Å²) in [6, 6.07) is 12.9. The van der Waals surface area contributed by atoms with Crippen LogP contribution in [0.2, 0.25) is 10.0 Å². The number of aromatic nitrogens is 3. The van der Waals surface area contributed by atoms with Gasteiger partial charge in [0.05, 0.1) is 4.53 Å². The fraction of sp³-hybridized carbons (Fsp3) is 0.0500. The van der Waals surface area contributed by atoms with Gasteiger partial charge in [0.25, 0.3) is 5.56 Å². The topological polar surface area (TPSA) is 60.4 Å². The van der Waals surface area contributed by atoms with Crippen LogP contribution < -0.4 is 10.1 Å². The molecule has 28 heavy (non-hydrogen) atoms. The fourth-order valence-electron chi connectivity index (χ4n) is 3.10. The van der Waals surface area contributed by atoms with Gasteiger partial charge in [-0.2, -0.15) is 9.50 Å². The van der Waals surface area contributed by atoms with E-state index in [1.54, 1.807) is 24.3 Å². The number of hydrogen-bond donors (Lipinski definition) is 0. The number of benzene rings is 2. The number of nitrogens with zero attached hydrogens (tertiary/aromatic N) is 3. The van der Waals surface area contributed by atoms with Crippen molar-refractivity contribution in [3.63, 3.8) is 0 Å². The molecule has 0 saturated carbocycles. The third-order valence-electron chi connectivity index (χ3n) is 4.50. The molecule has 0 fully saturated rings. The van der Waals surface area contributed by atoms with E-state index >= 15 is 0 Å². The number of aryl methyl sites for hydroxylation is 1. The lowest BCUT2D eigenvalue weighted by atomic mass is 10.1. The molecule has 2 aromatic carbocycles. The fourth-order valence-corrected chi connectivity index (χ4v) is 4.49. The summed E-state index contributed by atoms with van der Waals surface area (Å²) >= 11 is 13.6. The van der Waals surface area contributed by atoms with Crippen LogP contribution in [-0.4, -0.2) is 14.6 Å². The molecule has 0 aliphatic rings. The third kappa shape index (κ3) is 2.64. The van der Waals surface area contributed by atoms with E-state index in [-0.39, 0.29) is 5.56 Å². The SMILES string of the molecule is Cc1c(-c2nc3s/c(=C\c4c(Cl)cccc4Cl)c(=O)n3n2)oc2ccccc12. The zero-order chi connectivity index (χ0) is 19.4. The Kier molecular flexibility index (Phi) is 4.01. The average molecular weight is 428 g/mol. The molecule has 0 radical (unpaired) electrons. The second kappa shape index (κ2) is 6.44. The van der Waals surface area contributed by atoms with Gasteiger partial charge in [-0.05, 0) is 31.2 Å². The Morgan fingerprint density at radius 1 is 1.11 bits per heavy atom. The molecular formula is C20H11Cl2N3O2S. The maximum atomic E-state index is 12.8. The second-order valence-corrected chi connectivity index (χ2v) is 8.06. The first-order valence-electron chi connectivity index (χ1n) is 8.37. The van der Waals surface area contributed by atoms with E-state index in [4.69, 9.17) is 27.6 Å². The van der Waals surface area contributed by atoms with Gasteiger partial charge in [0.15, 0.2) is 5.76 Å². The molecule has 0 bridgehead atoms. The minimum absolute atomic E-state index is 0.275. The van der Waals surface area contributed by atoms with Gasteiger partial charge < -0.3 is 4.42 Å². The zero-order valence-electron chi connectivity index (χ0n) is 14.4. The lowest BCUT2D eigenvalue weighted by Gasteiger charge is -1.99. The van der Waals surface area contributed by atoms with Crippen molar-refractivity contribution in [1.29, 1.82) is 0 Å². The summed E-state index contributed by atoms with van der Waals surface area (Å²) in [6.45, 7) is 1.95. The van der Waals surface area contributed by atoms with Crippen LogP contribution >= 0.6 is 34.5 Å². The minimum atomic E-state index is -0.275. The molecule has 0 saturated heterocycles. The summed E-state index contributed by atoms with van der Waals surface area (Å²) in [6.07, 6.45) is 1.67. The van der Waals surface area contributed by atoms with E-state index in [0.29, 0.717) is 36.7 Å². The Bertz CT molecular complexity index is 1460. The molecule has 138 valence electrons. The standard InChI is InChI=1S/C20H11Cl2N3O2S/c1-10-11-5-2-3-8-15(11)27-17(10)18-23-20-25(24-18)19(26)16(28-20)9-12-13(21)6-4-7-14(12)22/h2-9H,1H3/b16-9-. The van der Waals surface area contributed by atoms with Crippen molar-refractivity contribution in [2.24, 2.45) is 0 Å². The Morgan fingerprint density at radius 2 is 1.86 bits per heavy atom. The van der Waals surface area contributed by atoms with Crippen molar-refractivity contribution in [2.75, 3.05) is 0 Å². The molecule has 0 spiro atoms. The molecule has 5 aromatic rings. The van der Waals surface area contributed by atoms with E-state index in [9.17, 15) is 4.79 Å². The Balaban J connectivity index is 1.67. The number of thiazole rings is 1. The van der Waals surface area contributed by atoms with Crippen LogP contribution in [0.3, 0.4) is 0 Å². The van der Waals surface area contributed by atoms with Gasteiger partial charge in [-0.25, -0.2) is 0 Å². The first-order chi connectivity index (χ1) is 13.5. The number of fused-ring (bicyclic) bond motifs is 2. The number of para-hydroxylation sites is 1. The average Bonchev–Trinajstić information content (AvgIpc) is 3.32. The molecule has 3 aromatic heterocycles. The van der Waals surface area contributed by atoms with Crippen LogP contribution in [0.15, 0.2) is 51.7 Å². The summed E-state index contributed by atoms with van der Waals surface area (Å²) in [4.78, 5) is 17.8. The molecule has 3 heterocycles. The van der Waals surface area contributed by atoms with Crippen LogP contribution in [-0.2, 0) is 0 Å². The smallest absolute Gasteiger partial charge is 0.291 e. The maximum absolute atomic E-state index is 12.8. The van der Waals surface area contributed by atoms with Gasteiger partial charge in [0.1, 0.15) is 5.58 Å². The van der Waals surface area contributed by atoms with Gasteiger partial charge in [0.2, 0.25) is 10.8 Å². The lowest BCUT2D eigenvalue weighted by molar-refractivity contribution is 0.622. The largest absolute Gasteiger partial charge is 0.452 e. The van der Waals surface area contributed by atoms with Gasteiger partial charge >= 0.3 is 0 Å². The number of rotatable bonds is 2. The Labute approximate surface area is 172 Å². The predicted molar refractivity (Wildman–Crippen MR) is 112 cm³/mol. The number of halogens is 2. The molecule has 0 atom stereocenters. The van der Waals surface area contributed by atoms with Gasteiger partial charge in [-0.15, -0.1) is 5.10 Å². The normalized spacial score (nSPS) is 12.5. The summed E-state index contributed by atoms with van der Waals surface area (Å²) in [7, 11) is 0. The molecule has 8 heteroatoms. The summed E-state index contributed by atoms with van der Waals surface area (Å²) in [5.74, 6) is 0.954. The molecule has 5 rings (SSSR count). The monoisotopic (exact) mass is 427 g/mol. The molecule has 0 amide bonds. The van der Waals surface area contributed by atoms with Crippen LogP contribution in [0.5, 0.6) is 0 Å². The van der Waals surface area contributed by atoms with Crippen LogP contribution in [0, 0.1) is 6.92 Å². The summed E-state index contributed by atoms with van der Waals surface area (Å²) in [5, 5.41) is 6.32. The molecule has 0 N–H and O–H groups in total. The van der Waals surface area contributed by atoms with Crippen molar-refractivity contribution >= 4 is 56.5 Å². The summed E-state index contributed by atoms with van der Waals surface area (Å²) in [5.41, 5.74) is 2.03. The molecule has 0 aliphatic carbocycles. The highest BCUT2D eigenvalue weighted by Crippen LogP contribution is 2.31. The zero-order valence-corrected chi connectivity index (χ0v) is 16.8. The highest BCUT2D eigenvalue weighted by atomic mass is 35.5. The van der Waals surface area contributed by atoms with Gasteiger partial charge in [0, 0.05) is 26.6 Å². The molecule has 0 unspecified atom stereocenters. The van der Waals surface area contributed by atoms with Gasteiger partial charge in [-0.1, -0.05) is 58.8 Å². The Morgan fingerprint density at radius 3 is 2.57 bits per heavy atom. The predicted octanol–water partition coefficient (Wildman–Crippen LogP) is 4.73. The van der Waals surface area contributed by atoms with Crippen LogP contribution in [0.1, 0.15) is 11.1 Å². The van der Waals surface area contributed by atoms with Crippen molar-refractivity contribution in [1.82, 2.24) is 14.6 Å². The molecular weight excluding hydrogens is 417 g/mol. The van der Waals surface area contributed by atoms with E-state index in [2.05, 4.69) is 10.1 Å². The molecule has 0 aliphatic heterocycles. The van der Waals surface area contributed by atoms with Crippen LogP contribution in [0.25, 0.3) is 33.6 Å². The molecule has 5 nitrogen and oxygen atoms in total. The maximum Gasteiger partial charge on any atom is 0.291 e. The van der Waals surface area contributed by atoms with E-state index < -0.39 is 0 Å². The van der Waals surface area contributed by atoms with Crippen molar-refractivity contribution in [3.8, 4) is 11.6 Å². The second-order valence-electron chi connectivity index (χ2n) is 6.23. The van der Waals surface area contributed by atoms with Crippen molar-refractivity contribution < 1.29 is 4.42 Å². The van der Waals surface area contributed by atoms with Crippen LogP contribution in [0.4, 0.5) is 0 Å². The van der Waals surface area contributed by atoms with E-state index in [0.717, 1.165) is 16.5 Å². The van der Waals surface area contributed by atoms with Crippen molar-refractivity contribution in [3.05, 3.63) is 78.5 Å². The first kappa shape index (κ1) is 17.4. The first-order valence-corrected chi connectivity index (χ1v) is 9.94. The highest BCUT2D eigenvalue weighted by molar-refractivity contribution is 7.15. The number of furan rings is 1. The van der Waals surface area contributed by atoms with Gasteiger partial charge in [-0.3, -0.25) is 4.79 Å². The highest BCUT2D eigenvalue weighted by Gasteiger charge is 2.19. The number of hydrogen-bond acceptors (Lipinski definition) is 5.